The van der Waals surface area contributed by atoms with Crippen molar-refractivity contribution in [3.8, 4) is 5.75 Å². The molecule has 0 radical (unpaired) electrons. The summed E-state index contributed by atoms with van der Waals surface area (Å²) in [6.45, 7) is 9.68. The van der Waals surface area contributed by atoms with E-state index in [2.05, 4.69) is 52.6 Å². The lowest BCUT2D eigenvalue weighted by Gasteiger charge is -2.29. The first-order valence-corrected chi connectivity index (χ1v) is 9.42. The van der Waals surface area contributed by atoms with Crippen molar-refractivity contribution in [1.29, 1.82) is 0 Å². The van der Waals surface area contributed by atoms with Gasteiger partial charge in [-0.05, 0) is 50.4 Å². The Bertz CT molecular complexity index is 553. The number of rotatable bonds is 7. The molecule has 1 unspecified atom stereocenters. The average Bonchev–Trinajstić information content (AvgIpc) is 2.63. The Labute approximate surface area is 152 Å². The Morgan fingerprint density at radius 1 is 1.24 bits per heavy atom. The largest absolute Gasteiger partial charge is 0.496 e. The number of hydrogen-bond acceptors (Lipinski definition) is 3. The minimum absolute atomic E-state index is 0.602. The van der Waals surface area contributed by atoms with Gasteiger partial charge in [0.1, 0.15) is 5.75 Å². The highest BCUT2D eigenvalue weighted by atomic mass is 16.5. The van der Waals surface area contributed by atoms with Crippen LogP contribution in [-0.2, 0) is 6.54 Å². The van der Waals surface area contributed by atoms with E-state index in [1.807, 2.05) is 7.05 Å². The van der Waals surface area contributed by atoms with E-state index < -0.39 is 0 Å². The third-order valence-electron chi connectivity index (χ3n) is 4.75. The van der Waals surface area contributed by atoms with Crippen LogP contribution in [-0.4, -0.2) is 51.2 Å². The first kappa shape index (κ1) is 19.6. The molecule has 0 aliphatic carbocycles. The number of likely N-dealkylation sites (tertiary alicyclic amines) is 1. The molecule has 140 valence electrons. The summed E-state index contributed by atoms with van der Waals surface area (Å²) in [5.74, 6) is 2.36. The Hall–Kier alpha value is -1.75. The Morgan fingerprint density at radius 2 is 2.00 bits per heavy atom. The van der Waals surface area contributed by atoms with E-state index in [-0.39, 0.29) is 0 Å². The summed E-state index contributed by atoms with van der Waals surface area (Å²) in [4.78, 5) is 6.92. The van der Waals surface area contributed by atoms with Crippen LogP contribution in [0.25, 0.3) is 0 Å². The molecule has 1 saturated heterocycles. The third-order valence-corrected chi connectivity index (χ3v) is 4.75. The molecule has 0 aromatic heterocycles. The van der Waals surface area contributed by atoms with Gasteiger partial charge in [0.25, 0.3) is 0 Å². The lowest BCUT2D eigenvalue weighted by atomic mass is 10.1. The quantitative estimate of drug-likeness (QED) is 0.589. The van der Waals surface area contributed by atoms with E-state index in [1.54, 1.807) is 7.11 Å². The van der Waals surface area contributed by atoms with Gasteiger partial charge in [0, 0.05) is 32.2 Å². The summed E-state index contributed by atoms with van der Waals surface area (Å²) in [6.07, 6.45) is 4.09. The number of guanidine groups is 1. The van der Waals surface area contributed by atoms with Crippen LogP contribution < -0.4 is 15.4 Å². The van der Waals surface area contributed by atoms with Crippen LogP contribution in [0.1, 0.15) is 37.3 Å². The van der Waals surface area contributed by atoms with Gasteiger partial charge in [-0.25, -0.2) is 0 Å². The second kappa shape index (κ2) is 10.3. The van der Waals surface area contributed by atoms with Gasteiger partial charge in [0.15, 0.2) is 5.96 Å². The maximum atomic E-state index is 5.47. The van der Waals surface area contributed by atoms with Crippen LogP contribution in [0.15, 0.2) is 23.2 Å². The first-order valence-electron chi connectivity index (χ1n) is 9.42. The van der Waals surface area contributed by atoms with Gasteiger partial charge in [-0.15, -0.1) is 0 Å². The topological polar surface area (TPSA) is 48.9 Å². The molecule has 1 aliphatic heterocycles. The summed E-state index contributed by atoms with van der Waals surface area (Å²) in [7, 11) is 3.53. The van der Waals surface area contributed by atoms with Gasteiger partial charge >= 0.3 is 0 Å². The van der Waals surface area contributed by atoms with Crippen molar-refractivity contribution in [2.24, 2.45) is 10.9 Å². The SMILES string of the molecule is CN=C(NCc1ccc(C)cc1OC)NCC(C)CN1CCCCC1. The van der Waals surface area contributed by atoms with Crippen molar-refractivity contribution in [2.75, 3.05) is 40.3 Å². The summed E-state index contributed by atoms with van der Waals surface area (Å²) in [5.41, 5.74) is 2.34. The number of aliphatic imine (C=N–C) groups is 1. The molecule has 1 atom stereocenters. The Balaban J connectivity index is 1.76. The lowest BCUT2D eigenvalue weighted by molar-refractivity contribution is 0.201. The molecule has 2 rings (SSSR count). The van der Waals surface area contributed by atoms with Crippen molar-refractivity contribution in [2.45, 2.75) is 39.7 Å². The number of piperidine rings is 1. The molecular formula is C20H34N4O. The van der Waals surface area contributed by atoms with Crippen LogP contribution in [0.4, 0.5) is 0 Å². The molecule has 25 heavy (non-hydrogen) atoms. The Morgan fingerprint density at radius 3 is 2.68 bits per heavy atom. The van der Waals surface area contributed by atoms with Gasteiger partial charge in [0.2, 0.25) is 0 Å². The molecule has 2 N–H and O–H groups in total. The van der Waals surface area contributed by atoms with E-state index >= 15 is 0 Å². The molecule has 1 aromatic rings. The highest BCUT2D eigenvalue weighted by Gasteiger charge is 2.13. The maximum Gasteiger partial charge on any atom is 0.191 e. The van der Waals surface area contributed by atoms with E-state index in [9.17, 15) is 0 Å². The standard InChI is InChI=1S/C20H34N4O/c1-16-8-9-18(19(12-16)25-4)14-23-20(21-3)22-13-17(2)15-24-10-6-5-7-11-24/h8-9,12,17H,5-7,10-11,13-15H2,1-4H3,(H2,21,22,23). The normalized spacial score (nSPS) is 17.2. The summed E-state index contributed by atoms with van der Waals surface area (Å²) in [6, 6.07) is 6.28. The van der Waals surface area contributed by atoms with Crippen LogP contribution >= 0.6 is 0 Å². The number of methoxy groups -OCH3 is 1. The number of ether oxygens (including phenoxy) is 1. The molecule has 0 bridgehead atoms. The van der Waals surface area contributed by atoms with E-state index in [0.29, 0.717) is 12.5 Å². The van der Waals surface area contributed by atoms with Crippen molar-refractivity contribution in [3.63, 3.8) is 0 Å². The maximum absolute atomic E-state index is 5.47. The van der Waals surface area contributed by atoms with Gasteiger partial charge < -0.3 is 20.3 Å². The summed E-state index contributed by atoms with van der Waals surface area (Å²) in [5, 5.41) is 6.83. The number of nitrogens with zero attached hydrogens (tertiary/aromatic N) is 2. The zero-order chi connectivity index (χ0) is 18.1. The smallest absolute Gasteiger partial charge is 0.191 e. The van der Waals surface area contributed by atoms with Crippen molar-refractivity contribution >= 4 is 5.96 Å². The minimum Gasteiger partial charge on any atom is -0.496 e. The predicted octanol–water partition coefficient (Wildman–Crippen LogP) is 2.79. The van der Waals surface area contributed by atoms with E-state index in [1.165, 1.54) is 37.9 Å². The van der Waals surface area contributed by atoms with Crippen molar-refractivity contribution in [1.82, 2.24) is 15.5 Å². The molecule has 1 heterocycles. The summed E-state index contributed by atoms with van der Waals surface area (Å²) >= 11 is 0. The van der Waals surface area contributed by atoms with Crippen molar-refractivity contribution < 1.29 is 4.74 Å². The fraction of sp³-hybridized carbons (Fsp3) is 0.650. The highest BCUT2D eigenvalue weighted by molar-refractivity contribution is 5.79. The molecule has 0 spiro atoms. The van der Waals surface area contributed by atoms with Gasteiger partial charge in [-0.1, -0.05) is 25.5 Å². The van der Waals surface area contributed by atoms with Gasteiger partial charge in [-0.3, -0.25) is 4.99 Å². The van der Waals surface area contributed by atoms with E-state index in [4.69, 9.17) is 4.74 Å². The second-order valence-corrected chi connectivity index (χ2v) is 7.09. The fourth-order valence-electron chi connectivity index (χ4n) is 3.32. The first-order chi connectivity index (χ1) is 12.1. The average molecular weight is 347 g/mol. The van der Waals surface area contributed by atoms with Crippen molar-refractivity contribution in [3.05, 3.63) is 29.3 Å². The zero-order valence-electron chi connectivity index (χ0n) is 16.3. The number of benzene rings is 1. The fourth-order valence-corrected chi connectivity index (χ4v) is 3.32. The monoisotopic (exact) mass is 346 g/mol. The molecule has 1 aromatic carbocycles. The van der Waals surface area contributed by atoms with E-state index in [0.717, 1.165) is 30.4 Å². The summed E-state index contributed by atoms with van der Waals surface area (Å²) < 4.78 is 5.47. The van der Waals surface area contributed by atoms with Gasteiger partial charge in [0.05, 0.1) is 7.11 Å². The number of nitrogens with one attached hydrogen (secondary N) is 2. The molecule has 5 heteroatoms. The lowest BCUT2D eigenvalue weighted by Crippen LogP contribution is -2.42. The third kappa shape index (κ3) is 6.58. The highest BCUT2D eigenvalue weighted by Crippen LogP contribution is 2.19. The molecule has 5 nitrogen and oxygen atoms in total. The van der Waals surface area contributed by atoms with Gasteiger partial charge in [-0.2, -0.15) is 0 Å². The molecule has 1 aliphatic rings. The zero-order valence-corrected chi connectivity index (χ0v) is 16.3. The van der Waals surface area contributed by atoms with Crippen LogP contribution in [0, 0.1) is 12.8 Å². The predicted molar refractivity (Wildman–Crippen MR) is 105 cm³/mol. The van der Waals surface area contributed by atoms with Crippen LogP contribution in [0.5, 0.6) is 5.75 Å². The Kier molecular flexibility index (Phi) is 8.06. The molecule has 0 amide bonds. The molecule has 1 fully saturated rings. The molecular weight excluding hydrogens is 312 g/mol. The number of aryl methyl sites for hydroxylation is 1. The second-order valence-electron chi connectivity index (χ2n) is 7.09. The van der Waals surface area contributed by atoms with Crippen LogP contribution in [0.2, 0.25) is 0 Å². The molecule has 0 saturated carbocycles. The minimum atomic E-state index is 0.602. The number of hydrogen-bond donors (Lipinski definition) is 2. The van der Waals surface area contributed by atoms with Crippen LogP contribution in [0.3, 0.4) is 0 Å².